The number of hydrogen-bond donors (Lipinski definition) is 0. The molecule has 80 valence electrons. The van der Waals surface area contributed by atoms with Gasteiger partial charge >= 0.3 is 0 Å². The molecule has 1 aromatic carbocycles. The molecule has 0 saturated heterocycles. The Morgan fingerprint density at radius 1 is 1.47 bits per heavy atom. The summed E-state index contributed by atoms with van der Waals surface area (Å²) in [7, 11) is 0. The number of rotatable bonds is 4. The van der Waals surface area contributed by atoms with Gasteiger partial charge in [-0.25, -0.2) is 0 Å². The number of aryl methyl sites for hydroxylation is 1. The van der Waals surface area contributed by atoms with E-state index in [9.17, 15) is 0 Å². The zero-order chi connectivity index (χ0) is 11.3. The lowest BCUT2D eigenvalue weighted by molar-refractivity contribution is 0.686. The first-order chi connectivity index (χ1) is 7.17. The zero-order valence-electron chi connectivity index (χ0n) is 9.70. The van der Waals surface area contributed by atoms with Crippen LogP contribution in [0.25, 0.3) is 0 Å². The van der Waals surface area contributed by atoms with Gasteiger partial charge < -0.3 is 4.90 Å². The maximum atomic E-state index is 8.80. The van der Waals surface area contributed by atoms with Crippen molar-refractivity contribution in [3.8, 4) is 6.07 Å². The van der Waals surface area contributed by atoms with Crippen LogP contribution in [0.15, 0.2) is 24.3 Å². The Morgan fingerprint density at radius 3 is 2.73 bits per heavy atom. The summed E-state index contributed by atoms with van der Waals surface area (Å²) in [4.78, 5) is 2.24. The van der Waals surface area contributed by atoms with Crippen LogP contribution in [0.4, 0.5) is 5.69 Å². The molecule has 0 heterocycles. The largest absolute Gasteiger partial charge is 0.370 e. The lowest BCUT2D eigenvalue weighted by Gasteiger charge is -2.24. The van der Waals surface area contributed by atoms with Gasteiger partial charge in [0.25, 0.3) is 0 Å². The van der Waals surface area contributed by atoms with Crippen LogP contribution in [-0.2, 0) is 0 Å². The average Bonchev–Trinajstić information content (AvgIpc) is 2.25. The van der Waals surface area contributed by atoms with E-state index in [0.717, 1.165) is 13.1 Å². The van der Waals surface area contributed by atoms with E-state index in [-0.39, 0.29) is 5.92 Å². The van der Waals surface area contributed by atoms with Gasteiger partial charge in [-0.3, -0.25) is 0 Å². The topological polar surface area (TPSA) is 27.0 Å². The van der Waals surface area contributed by atoms with E-state index in [1.165, 1.54) is 11.3 Å². The van der Waals surface area contributed by atoms with Gasteiger partial charge in [-0.05, 0) is 38.5 Å². The summed E-state index contributed by atoms with van der Waals surface area (Å²) in [5.74, 6) is 0.0745. The van der Waals surface area contributed by atoms with Crippen LogP contribution in [-0.4, -0.2) is 13.1 Å². The van der Waals surface area contributed by atoms with Crippen molar-refractivity contribution < 1.29 is 0 Å². The normalized spacial score (nSPS) is 11.9. The minimum Gasteiger partial charge on any atom is -0.370 e. The van der Waals surface area contributed by atoms with Gasteiger partial charge in [0, 0.05) is 18.8 Å². The molecule has 1 atom stereocenters. The van der Waals surface area contributed by atoms with E-state index in [0.29, 0.717) is 0 Å². The molecular weight excluding hydrogens is 184 g/mol. The van der Waals surface area contributed by atoms with Crippen molar-refractivity contribution in [1.29, 1.82) is 5.26 Å². The van der Waals surface area contributed by atoms with Crippen LogP contribution in [0.5, 0.6) is 0 Å². The van der Waals surface area contributed by atoms with Gasteiger partial charge in [-0.2, -0.15) is 5.26 Å². The maximum absolute atomic E-state index is 8.80. The molecule has 0 aliphatic heterocycles. The Labute approximate surface area is 92.1 Å². The van der Waals surface area contributed by atoms with Crippen molar-refractivity contribution in [1.82, 2.24) is 0 Å². The molecule has 0 saturated carbocycles. The second-order valence-corrected chi connectivity index (χ2v) is 3.91. The highest BCUT2D eigenvalue weighted by atomic mass is 15.1. The molecule has 0 spiro atoms. The summed E-state index contributed by atoms with van der Waals surface area (Å²) in [6.07, 6.45) is 0. The molecule has 0 aromatic heterocycles. The Balaban J connectivity index is 2.79. The third-order valence-electron chi connectivity index (χ3n) is 2.46. The van der Waals surface area contributed by atoms with Crippen molar-refractivity contribution in [2.45, 2.75) is 20.8 Å². The lowest BCUT2D eigenvalue weighted by atomic mass is 10.1. The molecule has 0 aliphatic rings. The van der Waals surface area contributed by atoms with Crippen molar-refractivity contribution in [2.75, 3.05) is 18.0 Å². The number of hydrogen-bond acceptors (Lipinski definition) is 2. The predicted molar refractivity (Wildman–Crippen MR) is 63.8 cm³/mol. The molecule has 0 bridgehead atoms. The average molecular weight is 202 g/mol. The maximum Gasteiger partial charge on any atom is 0.0671 e. The monoisotopic (exact) mass is 202 g/mol. The highest BCUT2D eigenvalue weighted by molar-refractivity contribution is 5.48. The molecule has 0 fully saturated rings. The summed E-state index contributed by atoms with van der Waals surface area (Å²) >= 11 is 0. The Bertz CT molecular complexity index is 352. The van der Waals surface area contributed by atoms with Crippen LogP contribution in [0.1, 0.15) is 19.4 Å². The van der Waals surface area contributed by atoms with Crippen molar-refractivity contribution in [3.05, 3.63) is 29.8 Å². The third kappa shape index (κ3) is 3.28. The van der Waals surface area contributed by atoms with Gasteiger partial charge in [0.15, 0.2) is 0 Å². The fourth-order valence-corrected chi connectivity index (χ4v) is 1.61. The fourth-order valence-electron chi connectivity index (χ4n) is 1.61. The Hall–Kier alpha value is -1.49. The highest BCUT2D eigenvalue weighted by Crippen LogP contribution is 2.16. The van der Waals surface area contributed by atoms with Gasteiger partial charge in [0.05, 0.1) is 12.0 Å². The van der Waals surface area contributed by atoms with Gasteiger partial charge in [0.1, 0.15) is 0 Å². The van der Waals surface area contributed by atoms with Crippen LogP contribution < -0.4 is 4.90 Å². The molecule has 0 N–H and O–H groups in total. The smallest absolute Gasteiger partial charge is 0.0671 e. The summed E-state index contributed by atoms with van der Waals surface area (Å²) in [6, 6.07) is 10.7. The van der Waals surface area contributed by atoms with Gasteiger partial charge in [0.2, 0.25) is 0 Å². The third-order valence-corrected chi connectivity index (χ3v) is 2.46. The summed E-state index contributed by atoms with van der Waals surface area (Å²) in [6.45, 7) is 7.90. The van der Waals surface area contributed by atoms with Crippen LogP contribution in [0.2, 0.25) is 0 Å². The van der Waals surface area contributed by atoms with E-state index >= 15 is 0 Å². The SMILES string of the molecule is CCN(CC(C)C#N)c1cccc(C)c1. The van der Waals surface area contributed by atoms with Gasteiger partial charge in [-0.15, -0.1) is 0 Å². The minimum atomic E-state index is 0.0745. The Kier molecular flexibility index (Phi) is 4.17. The van der Waals surface area contributed by atoms with Crippen molar-refractivity contribution in [3.63, 3.8) is 0 Å². The summed E-state index contributed by atoms with van der Waals surface area (Å²) < 4.78 is 0. The number of nitriles is 1. The lowest BCUT2D eigenvalue weighted by Crippen LogP contribution is -2.27. The zero-order valence-corrected chi connectivity index (χ0v) is 9.70. The first-order valence-electron chi connectivity index (χ1n) is 5.38. The number of benzene rings is 1. The van der Waals surface area contributed by atoms with Crippen LogP contribution >= 0.6 is 0 Å². The predicted octanol–water partition coefficient (Wildman–Crippen LogP) is 2.98. The second-order valence-electron chi connectivity index (χ2n) is 3.91. The molecule has 1 rings (SSSR count). The standard InChI is InChI=1S/C13H18N2/c1-4-15(10-12(3)9-14)13-7-5-6-11(2)8-13/h5-8,12H,4,10H2,1-3H3. The number of anilines is 1. The van der Waals surface area contributed by atoms with Crippen LogP contribution in [0.3, 0.4) is 0 Å². The molecule has 1 unspecified atom stereocenters. The van der Waals surface area contributed by atoms with E-state index in [1.807, 2.05) is 6.92 Å². The molecule has 15 heavy (non-hydrogen) atoms. The first kappa shape index (κ1) is 11.6. The molecule has 0 radical (unpaired) electrons. The highest BCUT2D eigenvalue weighted by Gasteiger charge is 2.08. The number of nitrogens with zero attached hydrogens (tertiary/aromatic N) is 2. The minimum absolute atomic E-state index is 0.0745. The fraction of sp³-hybridized carbons (Fsp3) is 0.462. The van der Waals surface area contributed by atoms with Gasteiger partial charge in [-0.1, -0.05) is 12.1 Å². The van der Waals surface area contributed by atoms with E-state index in [2.05, 4.69) is 49.1 Å². The van der Waals surface area contributed by atoms with Crippen molar-refractivity contribution >= 4 is 5.69 Å². The molecule has 0 aliphatic carbocycles. The van der Waals surface area contributed by atoms with E-state index in [1.54, 1.807) is 0 Å². The molecule has 2 heteroatoms. The van der Waals surface area contributed by atoms with E-state index < -0.39 is 0 Å². The van der Waals surface area contributed by atoms with Crippen molar-refractivity contribution in [2.24, 2.45) is 5.92 Å². The second kappa shape index (κ2) is 5.41. The molecule has 1 aromatic rings. The first-order valence-corrected chi connectivity index (χ1v) is 5.38. The molecule has 0 amide bonds. The van der Waals surface area contributed by atoms with E-state index in [4.69, 9.17) is 5.26 Å². The van der Waals surface area contributed by atoms with Crippen LogP contribution in [0, 0.1) is 24.2 Å². The Morgan fingerprint density at radius 2 is 2.20 bits per heavy atom. The summed E-state index contributed by atoms with van der Waals surface area (Å²) in [5.41, 5.74) is 2.47. The molecular formula is C13H18N2. The molecule has 2 nitrogen and oxygen atoms in total. The summed E-state index contributed by atoms with van der Waals surface area (Å²) in [5, 5.41) is 8.80. The quantitative estimate of drug-likeness (QED) is 0.750.